The van der Waals surface area contributed by atoms with E-state index in [0.717, 1.165) is 11.1 Å². The van der Waals surface area contributed by atoms with Crippen molar-refractivity contribution >= 4 is 23.7 Å². The summed E-state index contributed by atoms with van der Waals surface area (Å²) in [5.74, 6) is -0.241. The van der Waals surface area contributed by atoms with Crippen LogP contribution in [0.5, 0.6) is 23.0 Å². The first-order valence-electron chi connectivity index (χ1n) is 15.8. The largest absolute Gasteiger partial charge is 0.507 e. The Morgan fingerprint density at radius 1 is 0.569 bits per heavy atom. The maximum Gasteiger partial charge on any atom is 0.189 e. The lowest BCUT2D eigenvalue weighted by Crippen LogP contribution is -1.99. The van der Waals surface area contributed by atoms with Gasteiger partial charge in [0.25, 0.3) is 0 Å². The van der Waals surface area contributed by atoms with Crippen LogP contribution < -0.4 is 9.47 Å². The molecule has 8 nitrogen and oxygen atoms in total. The van der Waals surface area contributed by atoms with E-state index in [0.29, 0.717) is 29.5 Å². The van der Waals surface area contributed by atoms with Gasteiger partial charge in [0.15, 0.2) is 11.6 Å². The van der Waals surface area contributed by atoms with E-state index in [4.69, 9.17) is 9.47 Å². The molecule has 9 heteroatoms. The van der Waals surface area contributed by atoms with Crippen molar-refractivity contribution in [3.8, 4) is 23.0 Å². The molecule has 0 saturated carbocycles. The molecule has 0 aliphatic heterocycles. The number of carbonyl (C=O) groups is 2. The van der Waals surface area contributed by atoms with Crippen LogP contribution in [-0.2, 0) is 13.2 Å². The fourth-order valence-electron chi connectivity index (χ4n) is 4.54. The number of aromatic hydroxyl groups is 2. The number of rotatable bonds is 12. The second-order valence-electron chi connectivity index (χ2n) is 11.0. The van der Waals surface area contributed by atoms with Crippen molar-refractivity contribution in [1.82, 2.24) is 9.97 Å². The van der Waals surface area contributed by atoms with Crippen LogP contribution >= 0.6 is 0 Å². The molecule has 0 aliphatic rings. The highest BCUT2D eigenvalue weighted by Crippen LogP contribution is 2.26. The first kappa shape index (κ1) is 35.4. The molecule has 2 N–H and O–H groups in total. The Hall–Kier alpha value is -6.87. The molecule has 0 fully saturated rings. The van der Waals surface area contributed by atoms with Crippen molar-refractivity contribution in [3.63, 3.8) is 0 Å². The highest BCUT2D eigenvalue weighted by molar-refractivity contribution is 6.09. The Morgan fingerprint density at radius 2 is 1.02 bits per heavy atom. The zero-order valence-electron chi connectivity index (χ0n) is 27.3. The summed E-state index contributed by atoms with van der Waals surface area (Å²) in [5, 5.41) is 19.9. The van der Waals surface area contributed by atoms with Gasteiger partial charge < -0.3 is 19.7 Å². The lowest BCUT2D eigenvalue weighted by Gasteiger charge is -2.08. The van der Waals surface area contributed by atoms with E-state index in [1.165, 1.54) is 42.5 Å². The van der Waals surface area contributed by atoms with Crippen LogP contribution in [0.2, 0.25) is 0 Å². The molecular formula is C42H33FN2O6. The Kier molecular flexibility index (Phi) is 12.5. The van der Waals surface area contributed by atoms with Gasteiger partial charge in [-0.1, -0.05) is 54.6 Å². The summed E-state index contributed by atoms with van der Waals surface area (Å²) in [4.78, 5) is 32.9. The van der Waals surface area contributed by atoms with Gasteiger partial charge in [-0.2, -0.15) is 0 Å². The van der Waals surface area contributed by atoms with Gasteiger partial charge in [0, 0.05) is 12.4 Å². The standard InChI is InChI=1S/C21H16FNO3.C21H17NO3/c22-16-6-4-15(5-7-16)14-26-18-9-11-21(25)19(13-18)20(24)10-8-17-3-1-2-12-23-17;23-20(11-9-17-8-4-5-13-22-17)19-14-18(10-12-21(19)24)25-15-16-6-2-1-3-7-16/h1-13,25H,14H2;1-14,24H,15H2/b10-8+;11-9+. The monoisotopic (exact) mass is 680 g/mol. The third-order valence-corrected chi connectivity index (χ3v) is 7.22. The molecule has 0 bridgehead atoms. The molecule has 2 aromatic heterocycles. The number of aromatic nitrogens is 2. The van der Waals surface area contributed by atoms with Crippen LogP contribution in [0.25, 0.3) is 12.2 Å². The van der Waals surface area contributed by atoms with Crippen LogP contribution in [0.1, 0.15) is 43.2 Å². The quantitative estimate of drug-likeness (QED) is 0.0974. The predicted molar refractivity (Wildman–Crippen MR) is 193 cm³/mol. The topological polar surface area (TPSA) is 119 Å². The minimum atomic E-state index is -0.361. The summed E-state index contributed by atoms with van der Waals surface area (Å²) in [7, 11) is 0. The zero-order valence-corrected chi connectivity index (χ0v) is 27.3. The fraction of sp³-hybridized carbons (Fsp3) is 0.0476. The summed E-state index contributed by atoms with van der Waals surface area (Å²) in [6.07, 6.45) is 9.21. The van der Waals surface area contributed by atoms with Gasteiger partial charge in [0.1, 0.15) is 42.0 Å². The lowest BCUT2D eigenvalue weighted by molar-refractivity contribution is 0.103. The number of benzene rings is 4. The molecule has 51 heavy (non-hydrogen) atoms. The van der Waals surface area contributed by atoms with Crippen LogP contribution in [0, 0.1) is 5.82 Å². The zero-order chi connectivity index (χ0) is 35.8. The van der Waals surface area contributed by atoms with Crippen LogP contribution in [-0.4, -0.2) is 31.7 Å². The summed E-state index contributed by atoms with van der Waals surface area (Å²) >= 11 is 0. The Morgan fingerprint density at radius 3 is 1.47 bits per heavy atom. The third kappa shape index (κ3) is 11.1. The Labute approximate surface area is 294 Å². The smallest absolute Gasteiger partial charge is 0.189 e. The lowest BCUT2D eigenvalue weighted by atomic mass is 10.1. The number of carbonyl (C=O) groups excluding carboxylic acids is 2. The number of ketones is 2. The maximum atomic E-state index is 12.9. The van der Waals surface area contributed by atoms with Gasteiger partial charge >= 0.3 is 0 Å². The van der Waals surface area contributed by atoms with Crippen molar-refractivity contribution < 1.29 is 33.7 Å². The third-order valence-electron chi connectivity index (χ3n) is 7.22. The fourth-order valence-corrected chi connectivity index (χ4v) is 4.54. The number of hydrogen-bond donors (Lipinski definition) is 2. The molecule has 0 radical (unpaired) electrons. The number of ether oxygens (including phenoxy) is 2. The second-order valence-corrected chi connectivity index (χ2v) is 11.0. The molecule has 4 aromatic carbocycles. The van der Waals surface area contributed by atoms with E-state index in [1.54, 1.807) is 79.1 Å². The van der Waals surface area contributed by atoms with E-state index in [1.807, 2.05) is 42.5 Å². The van der Waals surface area contributed by atoms with E-state index in [-0.39, 0.29) is 46.6 Å². The Balaban J connectivity index is 0.000000198. The molecule has 0 amide bonds. The molecule has 2 heterocycles. The number of phenols is 2. The van der Waals surface area contributed by atoms with Gasteiger partial charge in [-0.05, 0) is 108 Å². The van der Waals surface area contributed by atoms with E-state index in [2.05, 4.69) is 9.97 Å². The first-order valence-corrected chi connectivity index (χ1v) is 15.8. The average molecular weight is 681 g/mol. The number of halogens is 1. The van der Waals surface area contributed by atoms with Crippen molar-refractivity contribution in [1.29, 1.82) is 0 Å². The molecule has 6 aromatic rings. The van der Waals surface area contributed by atoms with Gasteiger partial charge in [-0.3, -0.25) is 19.6 Å². The normalized spacial score (nSPS) is 10.8. The van der Waals surface area contributed by atoms with Crippen LogP contribution in [0.15, 0.2) is 152 Å². The summed E-state index contributed by atoms with van der Waals surface area (Å²) in [5.41, 5.74) is 3.46. The molecule has 0 atom stereocenters. The molecule has 6 rings (SSSR count). The number of pyridine rings is 2. The molecule has 0 unspecified atom stereocenters. The first-order chi connectivity index (χ1) is 24.8. The number of allylic oxidation sites excluding steroid dienone is 2. The van der Waals surface area contributed by atoms with Crippen LogP contribution in [0.4, 0.5) is 4.39 Å². The molecule has 0 spiro atoms. The van der Waals surface area contributed by atoms with Crippen LogP contribution in [0.3, 0.4) is 0 Å². The maximum absolute atomic E-state index is 12.9. The number of nitrogens with zero attached hydrogens (tertiary/aromatic N) is 2. The van der Waals surface area contributed by atoms with Crippen molar-refractivity contribution in [2.24, 2.45) is 0 Å². The predicted octanol–water partition coefficient (Wildman–Crippen LogP) is 8.66. The summed E-state index contributed by atoms with van der Waals surface area (Å²) in [6.45, 7) is 0.617. The van der Waals surface area contributed by atoms with Crippen molar-refractivity contribution in [2.75, 3.05) is 0 Å². The van der Waals surface area contributed by atoms with Gasteiger partial charge in [0.05, 0.1) is 22.5 Å². The molecule has 254 valence electrons. The van der Waals surface area contributed by atoms with E-state index < -0.39 is 0 Å². The minimum absolute atomic E-state index is 0.0808. The highest BCUT2D eigenvalue weighted by Gasteiger charge is 2.12. The van der Waals surface area contributed by atoms with Gasteiger partial charge in [-0.15, -0.1) is 0 Å². The molecule has 0 aliphatic carbocycles. The Bertz CT molecular complexity index is 2100. The van der Waals surface area contributed by atoms with E-state index >= 15 is 0 Å². The SMILES string of the molecule is O=C(/C=C/c1ccccn1)c1cc(OCc2ccc(F)cc2)ccc1O.O=C(/C=C/c1ccccn1)c1cc(OCc2ccccc2)ccc1O. The van der Waals surface area contributed by atoms with Gasteiger partial charge in [-0.25, -0.2) is 4.39 Å². The number of hydrogen-bond acceptors (Lipinski definition) is 8. The molecule has 0 saturated heterocycles. The summed E-state index contributed by atoms with van der Waals surface area (Å²) < 4.78 is 24.2. The average Bonchev–Trinajstić information content (AvgIpc) is 3.17. The highest BCUT2D eigenvalue weighted by atomic mass is 19.1. The molecular weight excluding hydrogens is 647 g/mol. The van der Waals surface area contributed by atoms with Crippen molar-refractivity contribution in [2.45, 2.75) is 13.2 Å². The van der Waals surface area contributed by atoms with Crippen molar-refractivity contribution in [3.05, 3.63) is 191 Å². The van der Waals surface area contributed by atoms with E-state index in [9.17, 15) is 24.2 Å². The summed E-state index contributed by atoms with van der Waals surface area (Å²) in [6, 6.07) is 35.6. The number of phenolic OH excluding ortho intramolecular Hbond substituents is 2. The minimum Gasteiger partial charge on any atom is -0.507 e. The second kappa shape index (κ2) is 18.0. The van der Waals surface area contributed by atoms with Gasteiger partial charge in [0.2, 0.25) is 0 Å².